The second-order valence-corrected chi connectivity index (χ2v) is 7.50. The lowest BCUT2D eigenvalue weighted by Gasteiger charge is -2.33. The molecule has 0 aromatic heterocycles. The number of hydrogen-bond acceptors (Lipinski definition) is 2. The van der Waals surface area contributed by atoms with E-state index in [4.69, 9.17) is 11.6 Å². The van der Waals surface area contributed by atoms with Gasteiger partial charge >= 0.3 is 0 Å². The molecule has 3 nitrogen and oxygen atoms in total. The smallest absolute Gasteiger partial charge is 0.252 e. The molecule has 1 aliphatic rings. The third kappa shape index (κ3) is 4.00. The maximum Gasteiger partial charge on any atom is 0.252 e. The first-order valence-corrected chi connectivity index (χ1v) is 9.26. The number of hydrogen-bond donors (Lipinski definition) is 1. The quantitative estimate of drug-likeness (QED) is 0.820. The van der Waals surface area contributed by atoms with Gasteiger partial charge in [-0.25, -0.2) is 0 Å². The molecule has 0 aliphatic carbocycles. The van der Waals surface area contributed by atoms with Crippen molar-refractivity contribution in [2.45, 2.75) is 25.9 Å². The van der Waals surface area contributed by atoms with Crippen LogP contribution < -0.4 is 5.32 Å². The summed E-state index contributed by atoms with van der Waals surface area (Å²) in [6.45, 7) is 4.71. The van der Waals surface area contributed by atoms with E-state index in [0.717, 1.165) is 24.0 Å². The van der Waals surface area contributed by atoms with E-state index in [2.05, 4.69) is 57.3 Å². The van der Waals surface area contributed by atoms with Gasteiger partial charge in [0, 0.05) is 30.1 Å². The first-order valence-electron chi connectivity index (χ1n) is 8.08. The Balaban J connectivity index is 1.59. The minimum Gasteiger partial charge on any atom is -0.350 e. The van der Waals surface area contributed by atoms with Crippen molar-refractivity contribution < 1.29 is 4.79 Å². The summed E-state index contributed by atoms with van der Waals surface area (Å²) in [5.41, 5.74) is 3.32. The average molecular weight is 408 g/mol. The molecule has 1 atom stereocenters. The first kappa shape index (κ1) is 17.5. The zero-order valence-corrected chi connectivity index (χ0v) is 15.9. The molecule has 1 N–H and O–H groups in total. The van der Waals surface area contributed by atoms with E-state index in [1.807, 2.05) is 6.07 Å². The van der Waals surface area contributed by atoms with E-state index in [-0.39, 0.29) is 11.9 Å². The highest BCUT2D eigenvalue weighted by Gasteiger charge is 2.21. The summed E-state index contributed by atoms with van der Waals surface area (Å²) < 4.78 is 0.845. The zero-order valence-electron chi connectivity index (χ0n) is 13.6. The number of rotatable bonds is 4. The Labute approximate surface area is 156 Å². The molecule has 126 valence electrons. The molecular formula is C19H20BrClN2O. The van der Waals surface area contributed by atoms with E-state index in [1.54, 1.807) is 12.1 Å². The number of benzene rings is 2. The minimum absolute atomic E-state index is 0.134. The van der Waals surface area contributed by atoms with Crippen molar-refractivity contribution >= 4 is 33.4 Å². The van der Waals surface area contributed by atoms with Crippen LogP contribution in [0, 0.1) is 0 Å². The highest BCUT2D eigenvalue weighted by molar-refractivity contribution is 9.10. The number of nitrogens with one attached hydrogen (secondary N) is 1. The molecule has 0 saturated heterocycles. The predicted molar refractivity (Wildman–Crippen MR) is 102 cm³/mol. The summed E-state index contributed by atoms with van der Waals surface area (Å²) in [5.74, 6) is -0.134. The van der Waals surface area contributed by atoms with Gasteiger partial charge in [-0.2, -0.15) is 0 Å². The van der Waals surface area contributed by atoms with Gasteiger partial charge in [0.2, 0.25) is 0 Å². The number of amides is 1. The highest BCUT2D eigenvalue weighted by atomic mass is 79.9. The molecule has 0 fully saturated rings. The summed E-state index contributed by atoms with van der Waals surface area (Å²) in [6.07, 6.45) is 1.06. The predicted octanol–water partition coefficient (Wildman–Crippen LogP) is 4.28. The fourth-order valence-electron chi connectivity index (χ4n) is 3.03. The van der Waals surface area contributed by atoms with Crippen LogP contribution in [-0.4, -0.2) is 29.9 Å². The lowest BCUT2D eigenvalue weighted by Crippen LogP contribution is -2.44. The second-order valence-electron chi connectivity index (χ2n) is 6.17. The lowest BCUT2D eigenvalue weighted by atomic mass is 9.99. The van der Waals surface area contributed by atoms with Gasteiger partial charge in [-0.05, 0) is 42.7 Å². The van der Waals surface area contributed by atoms with Crippen molar-refractivity contribution in [3.63, 3.8) is 0 Å². The topological polar surface area (TPSA) is 32.3 Å². The van der Waals surface area contributed by atoms with Gasteiger partial charge in [0.1, 0.15) is 0 Å². The maximum atomic E-state index is 12.4. The Morgan fingerprint density at radius 3 is 2.83 bits per heavy atom. The van der Waals surface area contributed by atoms with Gasteiger partial charge in [0.15, 0.2) is 0 Å². The SMILES string of the molecule is C[C@@H](CNC(=O)c1cc(Br)ccc1Cl)N1CCc2ccccc2C1. The zero-order chi connectivity index (χ0) is 17.1. The van der Waals surface area contributed by atoms with Crippen LogP contribution >= 0.6 is 27.5 Å². The van der Waals surface area contributed by atoms with Gasteiger partial charge in [-0.1, -0.05) is 51.8 Å². The van der Waals surface area contributed by atoms with E-state index < -0.39 is 0 Å². The van der Waals surface area contributed by atoms with Gasteiger partial charge in [0.05, 0.1) is 10.6 Å². The summed E-state index contributed by atoms with van der Waals surface area (Å²) in [7, 11) is 0. The Kier molecular flexibility index (Phi) is 5.59. The Hall–Kier alpha value is -1.36. The largest absolute Gasteiger partial charge is 0.350 e. The monoisotopic (exact) mass is 406 g/mol. The van der Waals surface area contributed by atoms with Crippen molar-refractivity contribution in [3.05, 3.63) is 68.7 Å². The summed E-state index contributed by atoms with van der Waals surface area (Å²) in [6, 6.07) is 14.2. The molecule has 0 unspecified atom stereocenters. The summed E-state index contributed by atoms with van der Waals surface area (Å²) in [4.78, 5) is 14.8. The highest BCUT2D eigenvalue weighted by Crippen LogP contribution is 2.22. The Bertz CT molecular complexity index is 750. The van der Waals surface area contributed by atoms with Crippen molar-refractivity contribution in [2.24, 2.45) is 0 Å². The molecule has 24 heavy (non-hydrogen) atoms. The number of fused-ring (bicyclic) bond motifs is 1. The number of halogens is 2. The molecule has 1 aliphatic heterocycles. The fraction of sp³-hybridized carbons (Fsp3) is 0.316. The minimum atomic E-state index is -0.134. The van der Waals surface area contributed by atoms with Crippen LogP contribution in [0.3, 0.4) is 0 Å². The van der Waals surface area contributed by atoms with Gasteiger partial charge in [-0.3, -0.25) is 9.69 Å². The molecule has 1 heterocycles. The van der Waals surface area contributed by atoms with Crippen LogP contribution in [0.1, 0.15) is 28.4 Å². The molecule has 2 aromatic carbocycles. The van der Waals surface area contributed by atoms with Crippen LogP contribution in [0.2, 0.25) is 5.02 Å². The summed E-state index contributed by atoms with van der Waals surface area (Å²) in [5, 5.41) is 3.47. The molecule has 0 bridgehead atoms. The van der Waals surface area contributed by atoms with Crippen LogP contribution in [0.5, 0.6) is 0 Å². The third-order valence-corrected chi connectivity index (χ3v) is 5.34. The van der Waals surface area contributed by atoms with Gasteiger partial charge < -0.3 is 5.32 Å². The van der Waals surface area contributed by atoms with Crippen molar-refractivity contribution in [2.75, 3.05) is 13.1 Å². The molecule has 1 amide bonds. The maximum absolute atomic E-state index is 12.4. The van der Waals surface area contributed by atoms with Gasteiger partial charge in [0.25, 0.3) is 5.91 Å². The normalized spacial score (nSPS) is 15.6. The van der Waals surface area contributed by atoms with Crippen molar-refractivity contribution in [3.8, 4) is 0 Å². The average Bonchev–Trinajstić information content (AvgIpc) is 2.61. The third-order valence-electron chi connectivity index (χ3n) is 4.51. The van der Waals surface area contributed by atoms with Crippen LogP contribution in [-0.2, 0) is 13.0 Å². The van der Waals surface area contributed by atoms with Crippen LogP contribution in [0.15, 0.2) is 46.9 Å². The molecule has 5 heteroatoms. The molecule has 0 saturated carbocycles. The van der Waals surface area contributed by atoms with Crippen molar-refractivity contribution in [1.29, 1.82) is 0 Å². The lowest BCUT2D eigenvalue weighted by molar-refractivity contribution is 0.0932. The van der Waals surface area contributed by atoms with Crippen LogP contribution in [0.25, 0.3) is 0 Å². The number of carbonyl (C=O) groups is 1. The Morgan fingerprint density at radius 1 is 1.29 bits per heavy atom. The molecule has 2 aromatic rings. The molecule has 3 rings (SSSR count). The first-order chi connectivity index (χ1) is 11.5. The van der Waals surface area contributed by atoms with E-state index in [0.29, 0.717) is 17.1 Å². The fourth-order valence-corrected chi connectivity index (χ4v) is 3.59. The van der Waals surface area contributed by atoms with Gasteiger partial charge in [-0.15, -0.1) is 0 Å². The number of carbonyl (C=O) groups excluding carboxylic acids is 1. The van der Waals surface area contributed by atoms with E-state index in [9.17, 15) is 4.79 Å². The second kappa shape index (κ2) is 7.68. The number of nitrogens with zero attached hydrogens (tertiary/aromatic N) is 1. The standard InChI is InChI=1S/C19H20BrClN2O/c1-13(23-9-8-14-4-2-3-5-15(14)12-23)11-22-19(24)17-10-16(20)6-7-18(17)21/h2-7,10,13H,8-9,11-12H2,1H3,(H,22,24)/t13-/m0/s1. The Morgan fingerprint density at radius 2 is 2.04 bits per heavy atom. The molecular weight excluding hydrogens is 388 g/mol. The molecule has 0 radical (unpaired) electrons. The van der Waals surface area contributed by atoms with E-state index >= 15 is 0 Å². The van der Waals surface area contributed by atoms with Crippen molar-refractivity contribution in [1.82, 2.24) is 10.2 Å². The van der Waals surface area contributed by atoms with Crippen LogP contribution in [0.4, 0.5) is 0 Å². The summed E-state index contributed by atoms with van der Waals surface area (Å²) >= 11 is 9.49. The van der Waals surface area contributed by atoms with E-state index in [1.165, 1.54) is 11.1 Å². The molecule has 0 spiro atoms.